The van der Waals surface area contributed by atoms with Gasteiger partial charge in [-0.2, -0.15) is 0 Å². The van der Waals surface area contributed by atoms with Crippen molar-refractivity contribution in [2.24, 2.45) is 0 Å². The molecule has 0 aliphatic carbocycles. The van der Waals surface area contributed by atoms with Gasteiger partial charge >= 0.3 is 5.97 Å². The van der Waals surface area contributed by atoms with Crippen molar-refractivity contribution < 1.29 is 9.53 Å². The van der Waals surface area contributed by atoms with Gasteiger partial charge in [0.1, 0.15) is 6.04 Å². The summed E-state index contributed by atoms with van der Waals surface area (Å²) in [6.45, 7) is 2.89. The van der Waals surface area contributed by atoms with Crippen LogP contribution in [-0.4, -0.2) is 31.4 Å². The van der Waals surface area contributed by atoms with Gasteiger partial charge in [0.2, 0.25) is 0 Å². The Morgan fingerprint density at radius 1 is 1.47 bits per heavy atom. The van der Waals surface area contributed by atoms with Gasteiger partial charge in [0.25, 0.3) is 0 Å². The normalized spacial score (nSPS) is 12.2. The minimum atomic E-state index is -0.236. The van der Waals surface area contributed by atoms with E-state index in [0.717, 1.165) is 35.1 Å². The second kappa shape index (κ2) is 9.23. The third kappa shape index (κ3) is 5.85. The third-order valence-corrected chi connectivity index (χ3v) is 4.18. The Bertz CT molecular complexity index is 401. The highest BCUT2D eigenvalue weighted by Gasteiger charge is 2.17. The van der Waals surface area contributed by atoms with E-state index in [9.17, 15) is 4.79 Å². The molecule has 0 bridgehead atoms. The number of methoxy groups -OCH3 is 1. The maximum absolute atomic E-state index is 11.6. The van der Waals surface area contributed by atoms with Crippen LogP contribution in [0.4, 0.5) is 0 Å². The molecule has 0 saturated heterocycles. The minimum absolute atomic E-state index is 0.201. The van der Waals surface area contributed by atoms with Gasteiger partial charge in [-0.05, 0) is 31.5 Å². The Labute approximate surface area is 124 Å². The molecular weight excluding hydrogens is 282 g/mol. The van der Waals surface area contributed by atoms with Crippen LogP contribution in [-0.2, 0) is 9.53 Å². The molecule has 0 saturated carbocycles. The summed E-state index contributed by atoms with van der Waals surface area (Å²) < 4.78 is 4.80. The summed E-state index contributed by atoms with van der Waals surface area (Å²) >= 11 is 7.74. The van der Waals surface area contributed by atoms with Crippen LogP contribution in [0, 0.1) is 0 Å². The molecule has 1 aromatic rings. The van der Waals surface area contributed by atoms with Gasteiger partial charge in [-0.15, -0.1) is 11.8 Å². The fourth-order valence-corrected chi connectivity index (χ4v) is 2.87. The number of halogens is 1. The molecule has 19 heavy (non-hydrogen) atoms. The average Bonchev–Trinajstić information content (AvgIpc) is 2.43. The maximum Gasteiger partial charge on any atom is 0.322 e. The Balaban J connectivity index is 2.43. The fraction of sp³-hybridized carbons (Fsp3) is 0.500. The van der Waals surface area contributed by atoms with Gasteiger partial charge in [-0.3, -0.25) is 4.79 Å². The second-order valence-corrected chi connectivity index (χ2v) is 5.64. The number of ether oxygens (including phenoxy) is 1. The highest BCUT2D eigenvalue weighted by atomic mass is 35.5. The number of esters is 1. The Morgan fingerprint density at radius 2 is 2.21 bits per heavy atom. The van der Waals surface area contributed by atoms with E-state index in [4.69, 9.17) is 16.3 Å². The molecule has 0 spiro atoms. The van der Waals surface area contributed by atoms with Gasteiger partial charge in [0.15, 0.2) is 0 Å². The van der Waals surface area contributed by atoms with Crippen LogP contribution in [0.2, 0.25) is 5.02 Å². The van der Waals surface area contributed by atoms with E-state index in [0.29, 0.717) is 0 Å². The van der Waals surface area contributed by atoms with Crippen molar-refractivity contribution in [2.45, 2.75) is 30.7 Å². The van der Waals surface area contributed by atoms with Gasteiger partial charge < -0.3 is 10.1 Å². The molecule has 0 aromatic heterocycles. The van der Waals surface area contributed by atoms with Gasteiger partial charge in [-0.25, -0.2) is 0 Å². The summed E-state index contributed by atoms with van der Waals surface area (Å²) in [6, 6.07) is 7.49. The molecule has 1 aromatic carbocycles. The zero-order valence-corrected chi connectivity index (χ0v) is 12.9. The zero-order valence-electron chi connectivity index (χ0n) is 11.3. The predicted octanol–water partition coefficient (Wildman–Crippen LogP) is 3.36. The number of benzene rings is 1. The third-order valence-electron chi connectivity index (χ3n) is 2.63. The van der Waals surface area contributed by atoms with Crippen LogP contribution in [0.15, 0.2) is 29.2 Å². The first-order chi connectivity index (χ1) is 9.19. The topological polar surface area (TPSA) is 38.3 Å². The van der Waals surface area contributed by atoms with Crippen LogP contribution in [0.25, 0.3) is 0 Å². The summed E-state index contributed by atoms with van der Waals surface area (Å²) in [4.78, 5) is 12.7. The lowest BCUT2D eigenvalue weighted by molar-refractivity contribution is -0.143. The fourth-order valence-electron chi connectivity index (χ4n) is 1.61. The summed E-state index contributed by atoms with van der Waals surface area (Å²) in [7, 11) is 1.42. The number of carbonyl (C=O) groups is 1. The molecule has 106 valence electrons. The van der Waals surface area contributed by atoms with Crippen LogP contribution >= 0.6 is 23.4 Å². The number of nitrogens with one attached hydrogen (secondary N) is 1. The lowest BCUT2D eigenvalue weighted by atomic mass is 10.2. The molecule has 1 rings (SSSR count). The molecular formula is C14H20ClNO2S. The number of hydrogen-bond donors (Lipinski definition) is 1. The first-order valence-corrected chi connectivity index (χ1v) is 7.74. The van der Waals surface area contributed by atoms with Gasteiger partial charge in [0, 0.05) is 10.6 Å². The van der Waals surface area contributed by atoms with Crippen LogP contribution in [0.5, 0.6) is 0 Å². The molecule has 5 heteroatoms. The summed E-state index contributed by atoms with van der Waals surface area (Å²) in [6.07, 6.45) is 1.72. The summed E-state index contributed by atoms with van der Waals surface area (Å²) in [5.41, 5.74) is 0. The maximum atomic E-state index is 11.6. The lowest BCUT2D eigenvalue weighted by Crippen LogP contribution is -2.38. The highest BCUT2D eigenvalue weighted by Crippen LogP contribution is 2.27. The van der Waals surface area contributed by atoms with E-state index in [2.05, 4.69) is 12.2 Å². The molecule has 0 amide bonds. The van der Waals surface area contributed by atoms with Crippen molar-refractivity contribution in [3.63, 3.8) is 0 Å². The van der Waals surface area contributed by atoms with Gasteiger partial charge in [-0.1, -0.05) is 30.7 Å². The molecule has 0 heterocycles. The molecule has 0 aliphatic rings. The number of carbonyl (C=O) groups excluding carboxylic acids is 1. The average molecular weight is 302 g/mol. The van der Waals surface area contributed by atoms with Crippen molar-refractivity contribution in [3.8, 4) is 0 Å². The molecule has 1 N–H and O–H groups in total. The number of hydrogen-bond acceptors (Lipinski definition) is 4. The van der Waals surface area contributed by atoms with Crippen molar-refractivity contribution in [3.05, 3.63) is 29.3 Å². The highest BCUT2D eigenvalue weighted by molar-refractivity contribution is 7.99. The number of thioether (sulfide) groups is 1. The first-order valence-electron chi connectivity index (χ1n) is 6.37. The Kier molecular flexibility index (Phi) is 7.94. The SMILES string of the molecule is CCCNC(CCSc1ccccc1Cl)C(=O)OC. The minimum Gasteiger partial charge on any atom is -0.468 e. The van der Waals surface area contributed by atoms with Crippen LogP contribution in [0.1, 0.15) is 19.8 Å². The monoisotopic (exact) mass is 301 g/mol. The quantitative estimate of drug-likeness (QED) is 0.590. The molecule has 0 aliphatic heterocycles. The van der Waals surface area contributed by atoms with Crippen molar-refractivity contribution in [1.29, 1.82) is 0 Å². The molecule has 0 fully saturated rings. The van der Waals surface area contributed by atoms with Crippen LogP contribution < -0.4 is 5.32 Å². The summed E-state index contributed by atoms with van der Waals surface area (Å²) in [5.74, 6) is 0.619. The molecule has 1 unspecified atom stereocenters. The van der Waals surface area contributed by atoms with E-state index >= 15 is 0 Å². The largest absolute Gasteiger partial charge is 0.468 e. The molecule has 1 atom stereocenters. The van der Waals surface area contributed by atoms with E-state index < -0.39 is 0 Å². The molecule has 0 radical (unpaired) electrons. The van der Waals surface area contributed by atoms with Crippen LogP contribution in [0.3, 0.4) is 0 Å². The summed E-state index contributed by atoms with van der Waals surface area (Å²) in [5, 5.41) is 3.95. The number of rotatable bonds is 8. The smallest absolute Gasteiger partial charge is 0.322 e. The van der Waals surface area contributed by atoms with E-state index in [-0.39, 0.29) is 12.0 Å². The van der Waals surface area contributed by atoms with Crippen molar-refractivity contribution in [2.75, 3.05) is 19.4 Å². The first kappa shape index (κ1) is 16.3. The van der Waals surface area contributed by atoms with Gasteiger partial charge in [0.05, 0.1) is 12.1 Å². The predicted molar refractivity (Wildman–Crippen MR) is 80.9 cm³/mol. The Morgan fingerprint density at radius 3 is 2.84 bits per heavy atom. The Hall–Kier alpha value is -0.710. The lowest BCUT2D eigenvalue weighted by Gasteiger charge is -2.15. The van der Waals surface area contributed by atoms with E-state index in [1.165, 1.54) is 7.11 Å². The second-order valence-electron chi connectivity index (χ2n) is 4.10. The van der Waals surface area contributed by atoms with E-state index in [1.54, 1.807) is 11.8 Å². The standard InChI is InChI=1S/C14H20ClNO2S/c1-3-9-16-12(14(17)18-2)8-10-19-13-7-5-4-6-11(13)15/h4-7,12,16H,3,8-10H2,1-2H3. The molecule has 3 nitrogen and oxygen atoms in total. The van der Waals surface area contributed by atoms with E-state index in [1.807, 2.05) is 24.3 Å². The van der Waals surface area contributed by atoms with Crippen molar-refractivity contribution >= 4 is 29.3 Å². The zero-order chi connectivity index (χ0) is 14.1. The van der Waals surface area contributed by atoms with Crippen molar-refractivity contribution in [1.82, 2.24) is 5.32 Å².